The summed E-state index contributed by atoms with van der Waals surface area (Å²) >= 11 is 5.06. The van der Waals surface area contributed by atoms with Crippen molar-refractivity contribution in [3.05, 3.63) is 39.8 Å². The molecule has 2 rings (SSSR count). The molecule has 0 aliphatic rings. The zero-order chi connectivity index (χ0) is 12.8. The SMILES string of the molecule is CCCNc1ncc(COc2cccc(Br)c2)s1. The van der Waals surface area contributed by atoms with Gasteiger partial charge in [-0.2, -0.15) is 0 Å². The number of benzene rings is 1. The third kappa shape index (κ3) is 3.99. The third-order valence-electron chi connectivity index (χ3n) is 2.26. The number of aromatic nitrogens is 1. The molecule has 2 aromatic rings. The first-order valence-electron chi connectivity index (χ1n) is 5.85. The number of thiazole rings is 1. The molecule has 0 atom stereocenters. The molecule has 1 aromatic carbocycles. The highest BCUT2D eigenvalue weighted by Gasteiger charge is 2.02. The molecule has 0 unspecified atom stereocenters. The van der Waals surface area contributed by atoms with Crippen molar-refractivity contribution < 1.29 is 4.74 Å². The molecule has 1 heterocycles. The van der Waals surface area contributed by atoms with Crippen LogP contribution in [-0.2, 0) is 6.61 Å². The van der Waals surface area contributed by atoms with Crippen LogP contribution < -0.4 is 10.1 Å². The van der Waals surface area contributed by atoms with Gasteiger partial charge < -0.3 is 10.1 Å². The minimum atomic E-state index is 0.557. The van der Waals surface area contributed by atoms with Gasteiger partial charge in [0.25, 0.3) is 0 Å². The van der Waals surface area contributed by atoms with Gasteiger partial charge >= 0.3 is 0 Å². The normalized spacial score (nSPS) is 10.3. The highest BCUT2D eigenvalue weighted by Crippen LogP contribution is 2.22. The van der Waals surface area contributed by atoms with Crippen molar-refractivity contribution in [1.82, 2.24) is 4.98 Å². The van der Waals surface area contributed by atoms with E-state index in [4.69, 9.17) is 4.74 Å². The minimum Gasteiger partial charge on any atom is -0.488 e. The van der Waals surface area contributed by atoms with Crippen LogP contribution in [0.3, 0.4) is 0 Å². The number of halogens is 1. The maximum absolute atomic E-state index is 5.70. The first-order valence-corrected chi connectivity index (χ1v) is 7.46. The van der Waals surface area contributed by atoms with Gasteiger partial charge in [0.1, 0.15) is 12.4 Å². The van der Waals surface area contributed by atoms with Crippen molar-refractivity contribution in [2.45, 2.75) is 20.0 Å². The van der Waals surface area contributed by atoms with Gasteiger partial charge in [0.15, 0.2) is 5.13 Å². The number of nitrogens with one attached hydrogen (secondary N) is 1. The van der Waals surface area contributed by atoms with Crippen LogP contribution >= 0.6 is 27.3 Å². The fraction of sp³-hybridized carbons (Fsp3) is 0.308. The second-order valence-corrected chi connectivity index (χ2v) is 5.84. The summed E-state index contributed by atoms with van der Waals surface area (Å²) in [5, 5.41) is 4.23. The average molecular weight is 327 g/mol. The van der Waals surface area contributed by atoms with Crippen LogP contribution in [-0.4, -0.2) is 11.5 Å². The van der Waals surface area contributed by atoms with E-state index >= 15 is 0 Å². The van der Waals surface area contributed by atoms with E-state index in [2.05, 4.69) is 33.2 Å². The topological polar surface area (TPSA) is 34.2 Å². The molecule has 96 valence electrons. The minimum absolute atomic E-state index is 0.557. The Bertz CT molecular complexity index is 501. The molecule has 0 saturated heterocycles. The summed E-state index contributed by atoms with van der Waals surface area (Å²) < 4.78 is 6.73. The van der Waals surface area contributed by atoms with Crippen molar-refractivity contribution in [2.24, 2.45) is 0 Å². The first kappa shape index (κ1) is 13.4. The molecule has 1 N–H and O–H groups in total. The fourth-order valence-electron chi connectivity index (χ4n) is 1.40. The Morgan fingerprint density at radius 1 is 1.44 bits per heavy atom. The zero-order valence-electron chi connectivity index (χ0n) is 10.1. The number of hydrogen-bond acceptors (Lipinski definition) is 4. The van der Waals surface area contributed by atoms with E-state index in [1.54, 1.807) is 11.3 Å². The van der Waals surface area contributed by atoms with Crippen LogP contribution in [0, 0.1) is 0 Å². The number of nitrogens with zero attached hydrogens (tertiary/aromatic N) is 1. The molecule has 0 aliphatic carbocycles. The lowest BCUT2D eigenvalue weighted by atomic mass is 10.3. The van der Waals surface area contributed by atoms with E-state index in [0.717, 1.165) is 33.2 Å². The first-order chi connectivity index (χ1) is 8.78. The van der Waals surface area contributed by atoms with Gasteiger partial charge in [0, 0.05) is 17.2 Å². The lowest BCUT2D eigenvalue weighted by Crippen LogP contribution is -1.97. The molecule has 0 radical (unpaired) electrons. The van der Waals surface area contributed by atoms with Crippen LogP contribution in [0.4, 0.5) is 5.13 Å². The third-order valence-corrected chi connectivity index (χ3v) is 3.68. The van der Waals surface area contributed by atoms with Gasteiger partial charge in [-0.15, -0.1) is 0 Å². The van der Waals surface area contributed by atoms with Gasteiger partial charge in [0.2, 0.25) is 0 Å². The molecule has 0 bridgehead atoms. The Balaban J connectivity index is 1.88. The largest absolute Gasteiger partial charge is 0.488 e. The Hall–Kier alpha value is -1.07. The van der Waals surface area contributed by atoms with E-state index in [0.29, 0.717) is 6.61 Å². The van der Waals surface area contributed by atoms with Crippen molar-refractivity contribution in [3.8, 4) is 5.75 Å². The van der Waals surface area contributed by atoms with Crippen LogP contribution in [0.2, 0.25) is 0 Å². The predicted molar refractivity (Wildman–Crippen MR) is 79.4 cm³/mol. The molecule has 1 aromatic heterocycles. The van der Waals surface area contributed by atoms with Gasteiger partial charge in [-0.25, -0.2) is 4.98 Å². The van der Waals surface area contributed by atoms with E-state index in [1.807, 2.05) is 30.5 Å². The highest BCUT2D eigenvalue weighted by atomic mass is 79.9. The van der Waals surface area contributed by atoms with Crippen molar-refractivity contribution in [1.29, 1.82) is 0 Å². The highest BCUT2D eigenvalue weighted by molar-refractivity contribution is 9.10. The summed E-state index contributed by atoms with van der Waals surface area (Å²) in [6.45, 7) is 3.65. The number of rotatable bonds is 6. The predicted octanol–water partition coefficient (Wildman–Crippen LogP) is 4.31. The smallest absolute Gasteiger partial charge is 0.182 e. The van der Waals surface area contributed by atoms with E-state index < -0.39 is 0 Å². The molecule has 3 nitrogen and oxygen atoms in total. The molecule has 0 spiro atoms. The van der Waals surface area contributed by atoms with Crippen molar-refractivity contribution >= 4 is 32.4 Å². The number of hydrogen-bond donors (Lipinski definition) is 1. The zero-order valence-corrected chi connectivity index (χ0v) is 12.6. The van der Waals surface area contributed by atoms with E-state index in [1.165, 1.54) is 0 Å². The van der Waals surface area contributed by atoms with Crippen molar-refractivity contribution in [2.75, 3.05) is 11.9 Å². The average Bonchev–Trinajstić information content (AvgIpc) is 2.82. The molecule has 0 saturated carbocycles. The Kier molecular flexibility index (Phi) is 5.01. The molecule has 18 heavy (non-hydrogen) atoms. The van der Waals surface area contributed by atoms with Crippen molar-refractivity contribution in [3.63, 3.8) is 0 Å². The van der Waals surface area contributed by atoms with Crippen LogP contribution in [0.1, 0.15) is 18.2 Å². The number of ether oxygens (including phenoxy) is 1. The Labute approximate surface area is 119 Å². The molecule has 0 aliphatic heterocycles. The molecule has 5 heteroatoms. The number of anilines is 1. The molecular weight excluding hydrogens is 312 g/mol. The summed E-state index contributed by atoms with van der Waals surface area (Å²) in [7, 11) is 0. The summed E-state index contributed by atoms with van der Waals surface area (Å²) in [6, 6.07) is 7.84. The Morgan fingerprint density at radius 3 is 3.11 bits per heavy atom. The van der Waals surface area contributed by atoms with Crippen LogP contribution in [0.25, 0.3) is 0 Å². The van der Waals surface area contributed by atoms with Gasteiger partial charge in [-0.05, 0) is 24.6 Å². The van der Waals surface area contributed by atoms with Crippen LogP contribution in [0.5, 0.6) is 5.75 Å². The maximum atomic E-state index is 5.70. The lowest BCUT2D eigenvalue weighted by Gasteiger charge is -2.04. The van der Waals surface area contributed by atoms with Gasteiger partial charge in [0.05, 0.1) is 4.88 Å². The summed E-state index contributed by atoms with van der Waals surface area (Å²) in [4.78, 5) is 5.42. The van der Waals surface area contributed by atoms with E-state index in [-0.39, 0.29) is 0 Å². The molecule has 0 amide bonds. The standard InChI is InChI=1S/C13H15BrN2OS/c1-2-6-15-13-16-8-12(18-13)9-17-11-5-3-4-10(14)7-11/h3-5,7-8H,2,6,9H2,1H3,(H,15,16). The van der Waals surface area contributed by atoms with Gasteiger partial charge in [-0.1, -0.05) is 40.3 Å². The quantitative estimate of drug-likeness (QED) is 0.859. The van der Waals surface area contributed by atoms with E-state index in [9.17, 15) is 0 Å². The second-order valence-electron chi connectivity index (χ2n) is 3.80. The summed E-state index contributed by atoms with van der Waals surface area (Å²) in [5.74, 6) is 0.862. The lowest BCUT2D eigenvalue weighted by molar-refractivity contribution is 0.309. The fourth-order valence-corrected chi connectivity index (χ4v) is 2.53. The monoisotopic (exact) mass is 326 g/mol. The van der Waals surface area contributed by atoms with Gasteiger partial charge in [-0.3, -0.25) is 0 Å². The molecular formula is C13H15BrN2OS. The maximum Gasteiger partial charge on any atom is 0.182 e. The molecule has 0 fully saturated rings. The van der Waals surface area contributed by atoms with Crippen LogP contribution in [0.15, 0.2) is 34.9 Å². The Morgan fingerprint density at radius 2 is 2.33 bits per heavy atom. The second kappa shape index (κ2) is 6.75. The summed E-state index contributed by atoms with van der Waals surface area (Å²) in [5.41, 5.74) is 0. The summed E-state index contributed by atoms with van der Waals surface area (Å²) in [6.07, 6.45) is 2.96.